The molecule has 6 heteroatoms. The summed E-state index contributed by atoms with van der Waals surface area (Å²) < 4.78 is 4.58. The van der Waals surface area contributed by atoms with Crippen LogP contribution in [0.4, 0.5) is 4.79 Å². The van der Waals surface area contributed by atoms with Gasteiger partial charge in [0.25, 0.3) is 0 Å². The molecular formula is C8H18N2O4. The smallest absolute Gasteiger partial charge is 0.405 e. The molecule has 84 valence electrons. The van der Waals surface area contributed by atoms with Gasteiger partial charge in [-0.3, -0.25) is 4.79 Å². The molecule has 0 radical (unpaired) electrons. The van der Waals surface area contributed by atoms with Gasteiger partial charge < -0.3 is 21.3 Å². The Labute approximate surface area is 83.2 Å². The Morgan fingerprint density at radius 3 is 1.79 bits per heavy atom. The third kappa shape index (κ3) is 22.4. The number of carboxylic acid groups (broad SMARTS) is 1. The first-order valence-electron chi connectivity index (χ1n) is 4.09. The Balaban J connectivity index is 0. The van der Waals surface area contributed by atoms with Crippen LogP contribution in [0.5, 0.6) is 0 Å². The fourth-order valence-electron chi connectivity index (χ4n) is 0.425. The van der Waals surface area contributed by atoms with Gasteiger partial charge in [-0.1, -0.05) is 0 Å². The second kappa shape index (κ2) is 7.14. The minimum Gasteiger partial charge on any atom is -0.481 e. The molecule has 6 nitrogen and oxygen atoms in total. The summed E-state index contributed by atoms with van der Waals surface area (Å²) in [4.78, 5) is 19.5. The van der Waals surface area contributed by atoms with E-state index >= 15 is 0 Å². The molecule has 0 fully saturated rings. The Morgan fingerprint density at radius 1 is 1.36 bits per heavy atom. The van der Waals surface area contributed by atoms with Crippen LogP contribution in [0.25, 0.3) is 0 Å². The molecule has 0 saturated carbocycles. The predicted octanol–water partition coefficient (Wildman–Crippen LogP) is 0.300. The summed E-state index contributed by atoms with van der Waals surface area (Å²) in [7, 11) is 0. The highest BCUT2D eigenvalue weighted by molar-refractivity contribution is 5.66. The fourth-order valence-corrected chi connectivity index (χ4v) is 0.425. The number of carbonyl (C=O) groups excluding carboxylic acids is 1. The molecule has 0 aromatic carbocycles. The summed E-state index contributed by atoms with van der Waals surface area (Å²) in [6.07, 6.45) is -0.655. The number of nitrogens with two attached hydrogens (primary N) is 2. The summed E-state index contributed by atoms with van der Waals surface area (Å²) in [6.45, 7) is 5.52. The fraction of sp³-hybridized carbons (Fsp3) is 0.750. The van der Waals surface area contributed by atoms with Crippen LogP contribution in [0, 0.1) is 0 Å². The number of ether oxygens (including phenoxy) is 1. The van der Waals surface area contributed by atoms with E-state index in [2.05, 4.69) is 4.74 Å². The first kappa shape index (κ1) is 15.2. The minimum absolute atomic E-state index is 0.0694. The van der Waals surface area contributed by atoms with E-state index < -0.39 is 17.7 Å². The van der Waals surface area contributed by atoms with Crippen molar-refractivity contribution in [2.45, 2.75) is 32.8 Å². The lowest BCUT2D eigenvalue weighted by Crippen LogP contribution is -2.27. The van der Waals surface area contributed by atoms with Crippen LogP contribution in [0.2, 0.25) is 0 Å². The molecule has 0 spiro atoms. The van der Waals surface area contributed by atoms with Gasteiger partial charge in [-0.15, -0.1) is 0 Å². The van der Waals surface area contributed by atoms with Crippen LogP contribution in [0.1, 0.15) is 27.2 Å². The van der Waals surface area contributed by atoms with Gasteiger partial charge >= 0.3 is 12.1 Å². The zero-order chi connectivity index (χ0) is 11.8. The number of hydrogen-bond donors (Lipinski definition) is 3. The summed E-state index contributed by atoms with van der Waals surface area (Å²) in [5.41, 5.74) is 9.11. The summed E-state index contributed by atoms with van der Waals surface area (Å²) >= 11 is 0. The van der Waals surface area contributed by atoms with Crippen molar-refractivity contribution in [2.75, 3.05) is 6.54 Å². The average Bonchev–Trinajstić information content (AvgIpc) is 1.80. The largest absolute Gasteiger partial charge is 0.481 e. The van der Waals surface area contributed by atoms with Crippen molar-refractivity contribution in [3.05, 3.63) is 0 Å². The monoisotopic (exact) mass is 206 g/mol. The maximum atomic E-state index is 10.0. The molecular weight excluding hydrogens is 188 g/mol. The maximum Gasteiger partial charge on any atom is 0.405 e. The Hall–Kier alpha value is -1.30. The number of rotatable bonds is 2. The van der Waals surface area contributed by atoms with Crippen molar-refractivity contribution in [3.8, 4) is 0 Å². The Morgan fingerprint density at radius 2 is 1.79 bits per heavy atom. The first-order valence-corrected chi connectivity index (χ1v) is 4.09. The second-order valence-corrected chi connectivity index (χ2v) is 3.47. The van der Waals surface area contributed by atoms with E-state index in [9.17, 15) is 9.59 Å². The average molecular weight is 206 g/mol. The van der Waals surface area contributed by atoms with Crippen LogP contribution < -0.4 is 11.5 Å². The number of carboxylic acids is 1. The topological polar surface area (TPSA) is 116 Å². The van der Waals surface area contributed by atoms with Crippen LogP contribution in [-0.2, 0) is 9.53 Å². The SMILES string of the molecule is CC(C)(C)OC(N)=O.NCCC(=O)O. The highest BCUT2D eigenvalue weighted by atomic mass is 16.6. The lowest BCUT2D eigenvalue weighted by atomic mass is 10.2. The van der Waals surface area contributed by atoms with E-state index in [4.69, 9.17) is 16.6 Å². The standard InChI is InChI=1S/C5H11NO2.C3H7NO2/c1-5(2,3)8-4(6)7;4-2-1-3(5)6/h1-3H3,(H2,6,7);1-2,4H2,(H,5,6). The first-order chi connectivity index (χ1) is 6.19. The van der Waals surface area contributed by atoms with Gasteiger partial charge in [0.2, 0.25) is 0 Å². The van der Waals surface area contributed by atoms with Gasteiger partial charge in [-0.25, -0.2) is 4.79 Å². The quantitative estimate of drug-likeness (QED) is 0.601. The highest BCUT2D eigenvalue weighted by Gasteiger charge is 2.12. The molecule has 0 rings (SSSR count). The van der Waals surface area contributed by atoms with Gasteiger partial charge in [0.05, 0.1) is 6.42 Å². The Bertz CT molecular complexity index is 186. The molecule has 0 aliphatic carbocycles. The summed E-state index contributed by atoms with van der Waals surface area (Å²) in [5.74, 6) is -0.836. The van der Waals surface area contributed by atoms with Crippen molar-refractivity contribution in [2.24, 2.45) is 11.5 Å². The normalized spacial score (nSPS) is 9.71. The number of hydrogen-bond acceptors (Lipinski definition) is 4. The van der Waals surface area contributed by atoms with Gasteiger partial charge in [-0.2, -0.15) is 0 Å². The second-order valence-electron chi connectivity index (χ2n) is 3.47. The van der Waals surface area contributed by atoms with Crippen molar-refractivity contribution >= 4 is 12.1 Å². The molecule has 0 aromatic heterocycles. The lowest BCUT2D eigenvalue weighted by molar-refractivity contribution is -0.136. The molecule has 0 saturated heterocycles. The molecule has 0 aromatic rings. The molecule has 14 heavy (non-hydrogen) atoms. The van der Waals surface area contributed by atoms with Gasteiger partial charge in [0.15, 0.2) is 0 Å². The van der Waals surface area contributed by atoms with E-state index in [0.717, 1.165) is 0 Å². The zero-order valence-electron chi connectivity index (χ0n) is 8.74. The van der Waals surface area contributed by atoms with Crippen LogP contribution in [0.3, 0.4) is 0 Å². The number of aliphatic carboxylic acids is 1. The molecule has 0 heterocycles. The van der Waals surface area contributed by atoms with E-state index in [1.165, 1.54) is 0 Å². The van der Waals surface area contributed by atoms with Crippen LogP contribution in [0.15, 0.2) is 0 Å². The van der Waals surface area contributed by atoms with E-state index in [0.29, 0.717) is 0 Å². The van der Waals surface area contributed by atoms with E-state index in [-0.39, 0.29) is 13.0 Å². The van der Waals surface area contributed by atoms with Gasteiger partial charge in [-0.05, 0) is 20.8 Å². The zero-order valence-corrected chi connectivity index (χ0v) is 8.74. The minimum atomic E-state index is -0.836. The number of amides is 1. The van der Waals surface area contributed by atoms with Crippen LogP contribution >= 0.6 is 0 Å². The molecule has 0 unspecified atom stereocenters. The van der Waals surface area contributed by atoms with Gasteiger partial charge in [0, 0.05) is 6.54 Å². The Kier molecular flexibility index (Phi) is 7.74. The van der Waals surface area contributed by atoms with Crippen molar-refractivity contribution in [1.82, 2.24) is 0 Å². The van der Waals surface area contributed by atoms with Crippen molar-refractivity contribution in [1.29, 1.82) is 0 Å². The molecule has 0 atom stereocenters. The van der Waals surface area contributed by atoms with Gasteiger partial charge in [0.1, 0.15) is 5.60 Å². The summed E-state index contributed by atoms with van der Waals surface area (Å²) in [6, 6.07) is 0. The number of carbonyl (C=O) groups is 2. The van der Waals surface area contributed by atoms with Crippen molar-refractivity contribution < 1.29 is 19.4 Å². The third-order valence-corrected chi connectivity index (χ3v) is 0.765. The lowest BCUT2D eigenvalue weighted by Gasteiger charge is -2.16. The van der Waals surface area contributed by atoms with E-state index in [1.54, 1.807) is 20.8 Å². The summed E-state index contributed by atoms with van der Waals surface area (Å²) in [5, 5.41) is 7.83. The molecule has 1 amide bonds. The molecule has 0 bridgehead atoms. The number of primary amides is 1. The van der Waals surface area contributed by atoms with Crippen LogP contribution in [-0.4, -0.2) is 29.3 Å². The maximum absolute atomic E-state index is 10.0. The van der Waals surface area contributed by atoms with E-state index in [1.807, 2.05) is 0 Å². The molecule has 5 N–H and O–H groups in total. The highest BCUT2D eigenvalue weighted by Crippen LogP contribution is 2.04. The third-order valence-electron chi connectivity index (χ3n) is 0.765. The molecule has 0 aliphatic heterocycles. The molecule has 0 aliphatic rings. The van der Waals surface area contributed by atoms with Crippen molar-refractivity contribution in [3.63, 3.8) is 0 Å². The predicted molar refractivity (Wildman–Crippen MR) is 51.7 cm³/mol.